The summed E-state index contributed by atoms with van der Waals surface area (Å²) in [6, 6.07) is 23.2. The van der Waals surface area contributed by atoms with E-state index in [0.717, 1.165) is 0 Å². The maximum absolute atomic E-state index is 2.57. The van der Waals surface area contributed by atoms with E-state index >= 15 is 0 Å². The largest absolute Gasteiger partial charge is 0.303 e. The molecule has 2 aliphatic rings. The second kappa shape index (κ2) is 9.09. The standard InChI is InChI=1S/C22H28N2S2/c1-3-11-19(12-4-1)23(21-15-7-8-16-21)25-26-24(22-17-9-10-18-22)20-13-5-2-6-14-20/h1-6,11-14,21-22H,7-10,15-18H2. The Labute approximate surface area is 166 Å². The fraction of sp³-hybridized carbons (Fsp3) is 0.455. The molecule has 0 atom stereocenters. The molecule has 2 aromatic carbocycles. The summed E-state index contributed by atoms with van der Waals surface area (Å²) in [5, 5.41) is 0. The molecule has 0 unspecified atom stereocenters. The van der Waals surface area contributed by atoms with Crippen molar-refractivity contribution in [2.75, 3.05) is 8.61 Å². The molecular formula is C22H28N2S2. The number of hydrogen-bond acceptors (Lipinski definition) is 4. The fourth-order valence-electron chi connectivity index (χ4n) is 4.13. The minimum atomic E-state index is 0.663. The number of nitrogens with zero attached hydrogens (tertiary/aromatic N) is 2. The fourth-order valence-corrected chi connectivity index (χ4v) is 7.03. The van der Waals surface area contributed by atoms with Gasteiger partial charge in [0.2, 0.25) is 0 Å². The first-order chi connectivity index (χ1) is 12.9. The van der Waals surface area contributed by atoms with Gasteiger partial charge in [-0.05, 0) is 49.9 Å². The molecule has 0 radical (unpaired) electrons. The van der Waals surface area contributed by atoms with Crippen LogP contribution in [0.4, 0.5) is 11.4 Å². The molecule has 138 valence electrons. The van der Waals surface area contributed by atoms with E-state index in [9.17, 15) is 0 Å². The lowest BCUT2D eigenvalue weighted by Crippen LogP contribution is -2.29. The lowest BCUT2D eigenvalue weighted by Gasteiger charge is -2.34. The lowest BCUT2D eigenvalue weighted by atomic mass is 10.2. The molecule has 0 bridgehead atoms. The van der Waals surface area contributed by atoms with Gasteiger partial charge in [0.25, 0.3) is 0 Å². The topological polar surface area (TPSA) is 6.48 Å². The second-order valence-corrected chi connectivity index (χ2v) is 9.33. The Morgan fingerprint density at radius 3 is 1.23 bits per heavy atom. The van der Waals surface area contributed by atoms with Gasteiger partial charge in [-0.2, -0.15) is 0 Å². The van der Waals surface area contributed by atoms with E-state index in [0.29, 0.717) is 12.1 Å². The third-order valence-electron chi connectivity index (χ3n) is 5.53. The first kappa shape index (κ1) is 18.1. The highest BCUT2D eigenvalue weighted by Crippen LogP contribution is 2.44. The molecule has 0 heterocycles. The molecule has 2 saturated carbocycles. The first-order valence-corrected chi connectivity index (χ1v) is 12.0. The van der Waals surface area contributed by atoms with Gasteiger partial charge in [0.05, 0.1) is 0 Å². The van der Waals surface area contributed by atoms with Crippen LogP contribution in [0, 0.1) is 0 Å². The van der Waals surface area contributed by atoms with Crippen LogP contribution in [0.15, 0.2) is 60.7 Å². The smallest absolute Gasteiger partial charge is 0.0481 e. The Kier molecular flexibility index (Phi) is 6.34. The molecule has 4 rings (SSSR count). The average molecular weight is 385 g/mol. The van der Waals surface area contributed by atoms with E-state index in [-0.39, 0.29) is 0 Å². The van der Waals surface area contributed by atoms with E-state index in [4.69, 9.17) is 0 Å². The Hall–Kier alpha value is -1.26. The number of hydrogen-bond donors (Lipinski definition) is 0. The number of anilines is 2. The number of rotatable bonds is 7. The summed E-state index contributed by atoms with van der Waals surface area (Å²) in [5.41, 5.74) is 2.69. The summed E-state index contributed by atoms with van der Waals surface area (Å²) >= 11 is 0. The predicted molar refractivity (Wildman–Crippen MR) is 118 cm³/mol. The molecule has 0 spiro atoms. The minimum Gasteiger partial charge on any atom is -0.303 e. The zero-order valence-electron chi connectivity index (χ0n) is 15.3. The van der Waals surface area contributed by atoms with Gasteiger partial charge in [0, 0.05) is 45.4 Å². The average Bonchev–Trinajstić information content (AvgIpc) is 3.41. The van der Waals surface area contributed by atoms with Crippen LogP contribution in [0.5, 0.6) is 0 Å². The molecule has 0 aliphatic heterocycles. The summed E-state index contributed by atoms with van der Waals surface area (Å²) in [6.45, 7) is 0. The molecule has 26 heavy (non-hydrogen) atoms. The summed E-state index contributed by atoms with van der Waals surface area (Å²) in [4.78, 5) is 0. The molecule has 0 amide bonds. The maximum Gasteiger partial charge on any atom is 0.0481 e. The van der Waals surface area contributed by atoms with Crippen LogP contribution in [-0.2, 0) is 0 Å². The van der Waals surface area contributed by atoms with E-state index in [1.807, 2.05) is 22.0 Å². The van der Waals surface area contributed by atoms with Crippen LogP contribution in [0.25, 0.3) is 0 Å². The van der Waals surface area contributed by atoms with Crippen molar-refractivity contribution >= 4 is 33.3 Å². The van der Waals surface area contributed by atoms with E-state index in [2.05, 4.69) is 69.3 Å². The first-order valence-electron chi connectivity index (χ1n) is 9.95. The van der Waals surface area contributed by atoms with Crippen molar-refractivity contribution in [2.45, 2.75) is 63.5 Å². The summed E-state index contributed by atoms with van der Waals surface area (Å²) < 4.78 is 5.14. The zero-order chi connectivity index (χ0) is 17.6. The molecule has 4 heteroatoms. The van der Waals surface area contributed by atoms with Gasteiger partial charge in [-0.1, -0.05) is 62.1 Å². The highest BCUT2D eigenvalue weighted by Gasteiger charge is 2.28. The molecule has 2 nitrogen and oxygen atoms in total. The quantitative estimate of drug-likeness (QED) is 0.371. The van der Waals surface area contributed by atoms with E-state index in [1.165, 1.54) is 62.7 Å². The van der Waals surface area contributed by atoms with Crippen molar-refractivity contribution in [1.29, 1.82) is 0 Å². The number of para-hydroxylation sites is 2. The van der Waals surface area contributed by atoms with Gasteiger partial charge in [0.1, 0.15) is 0 Å². The van der Waals surface area contributed by atoms with Crippen LogP contribution in [0.1, 0.15) is 51.4 Å². The van der Waals surface area contributed by atoms with Crippen LogP contribution in [-0.4, -0.2) is 12.1 Å². The van der Waals surface area contributed by atoms with Gasteiger partial charge >= 0.3 is 0 Å². The SMILES string of the molecule is c1ccc(N(SSN(c2ccccc2)C2CCCC2)C2CCCC2)cc1. The Morgan fingerprint density at radius 1 is 0.538 bits per heavy atom. The predicted octanol–water partition coefficient (Wildman–Crippen LogP) is 7.10. The van der Waals surface area contributed by atoms with Crippen molar-refractivity contribution in [1.82, 2.24) is 0 Å². The van der Waals surface area contributed by atoms with Crippen LogP contribution < -0.4 is 8.61 Å². The van der Waals surface area contributed by atoms with Gasteiger partial charge in [-0.3, -0.25) is 0 Å². The number of benzene rings is 2. The van der Waals surface area contributed by atoms with Crippen molar-refractivity contribution in [3.8, 4) is 0 Å². The molecule has 0 aromatic heterocycles. The lowest BCUT2D eigenvalue weighted by molar-refractivity contribution is 0.709. The van der Waals surface area contributed by atoms with Crippen molar-refractivity contribution in [3.05, 3.63) is 60.7 Å². The summed E-state index contributed by atoms with van der Waals surface area (Å²) in [5.74, 6) is 0. The van der Waals surface area contributed by atoms with Crippen molar-refractivity contribution < 1.29 is 0 Å². The third kappa shape index (κ3) is 4.34. The van der Waals surface area contributed by atoms with E-state index in [1.54, 1.807) is 0 Å². The summed E-state index contributed by atoms with van der Waals surface area (Å²) in [7, 11) is 3.88. The second-order valence-electron chi connectivity index (χ2n) is 7.35. The van der Waals surface area contributed by atoms with Gasteiger partial charge in [0.15, 0.2) is 0 Å². The van der Waals surface area contributed by atoms with Crippen molar-refractivity contribution in [2.24, 2.45) is 0 Å². The van der Waals surface area contributed by atoms with Crippen molar-refractivity contribution in [3.63, 3.8) is 0 Å². The molecule has 2 fully saturated rings. The Balaban J connectivity index is 1.52. The van der Waals surface area contributed by atoms with Gasteiger partial charge in [-0.25, -0.2) is 0 Å². The van der Waals surface area contributed by atoms with Crippen LogP contribution in [0.2, 0.25) is 0 Å². The molecule has 2 aliphatic carbocycles. The Bertz CT molecular complexity index is 593. The molecule has 0 N–H and O–H groups in total. The van der Waals surface area contributed by atoms with Crippen LogP contribution in [0.3, 0.4) is 0 Å². The highest BCUT2D eigenvalue weighted by atomic mass is 33.1. The van der Waals surface area contributed by atoms with Crippen LogP contribution >= 0.6 is 22.0 Å². The summed E-state index contributed by atoms with van der Waals surface area (Å²) in [6.07, 6.45) is 10.7. The maximum atomic E-state index is 2.57. The highest BCUT2D eigenvalue weighted by molar-refractivity contribution is 8.77. The zero-order valence-corrected chi connectivity index (χ0v) is 16.9. The normalized spacial score (nSPS) is 18.3. The van der Waals surface area contributed by atoms with Gasteiger partial charge in [-0.15, -0.1) is 0 Å². The van der Waals surface area contributed by atoms with Gasteiger partial charge < -0.3 is 8.61 Å². The molecule has 0 saturated heterocycles. The monoisotopic (exact) mass is 384 g/mol. The molecular weight excluding hydrogens is 356 g/mol. The third-order valence-corrected chi connectivity index (χ3v) is 8.10. The Morgan fingerprint density at radius 2 is 0.885 bits per heavy atom. The minimum absolute atomic E-state index is 0.663. The molecule has 2 aromatic rings. The van der Waals surface area contributed by atoms with E-state index < -0.39 is 0 Å².